The zero-order valence-corrected chi connectivity index (χ0v) is 18.7. The number of rotatable bonds is 6. The highest BCUT2D eigenvalue weighted by molar-refractivity contribution is 6.00. The molecule has 0 radical (unpaired) electrons. The van der Waals surface area contributed by atoms with Crippen molar-refractivity contribution in [3.05, 3.63) is 84.9 Å². The Morgan fingerprint density at radius 3 is 2.74 bits per heavy atom. The van der Waals surface area contributed by atoms with Crippen molar-refractivity contribution < 1.29 is 0 Å². The molecule has 6 aromatic rings. The molecule has 0 unspecified atom stereocenters. The molecule has 0 spiro atoms. The number of hydrogen-bond donors (Lipinski definition) is 3. The van der Waals surface area contributed by atoms with Crippen molar-refractivity contribution >= 4 is 21.9 Å². The average Bonchev–Trinajstić information content (AvgIpc) is 3.51. The van der Waals surface area contributed by atoms with E-state index < -0.39 is 0 Å². The lowest BCUT2D eigenvalue weighted by atomic mass is 10.0. The zero-order valence-electron chi connectivity index (χ0n) is 18.7. The van der Waals surface area contributed by atoms with Gasteiger partial charge in [0, 0.05) is 53.2 Å². The monoisotopic (exact) mass is 445 g/mol. The van der Waals surface area contributed by atoms with Gasteiger partial charge in [0.05, 0.1) is 16.9 Å². The Hall–Kier alpha value is -4.36. The van der Waals surface area contributed by atoms with Gasteiger partial charge in [-0.2, -0.15) is 5.10 Å². The van der Waals surface area contributed by atoms with Gasteiger partial charge in [0.2, 0.25) is 0 Å². The first-order valence-electron chi connectivity index (χ1n) is 11.3. The van der Waals surface area contributed by atoms with Crippen molar-refractivity contribution in [2.75, 3.05) is 6.54 Å². The topological polar surface area (TPSA) is 95.2 Å². The second kappa shape index (κ2) is 8.53. The molecule has 0 aliphatic carbocycles. The number of H-pyrrole nitrogens is 2. The summed E-state index contributed by atoms with van der Waals surface area (Å²) in [6, 6.07) is 18.5. The maximum Gasteiger partial charge on any atom is 0.138 e. The molecule has 5 heterocycles. The molecule has 0 saturated carbocycles. The first kappa shape index (κ1) is 20.3. The molecule has 1 aromatic carbocycles. The molecule has 34 heavy (non-hydrogen) atoms. The summed E-state index contributed by atoms with van der Waals surface area (Å²) in [6.07, 6.45) is 7.42. The molecule has 0 aliphatic heterocycles. The van der Waals surface area contributed by atoms with Gasteiger partial charge in [-0.15, -0.1) is 0 Å². The van der Waals surface area contributed by atoms with Gasteiger partial charge in [0.15, 0.2) is 0 Å². The van der Waals surface area contributed by atoms with E-state index in [1.54, 1.807) is 12.4 Å². The maximum atomic E-state index is 4.63. The van der Waals surface area contributed by atoms with Crippen LogP contribution >= 0.6 is 0 Å². The lowest BCUT2D eigenvalue weighted by Gasteiger charge is -2.06. The van der Waals surface area contributed by atoms with Gasteiger partial charge in [-0.1, -0.05) is 19.1 Å². The maximum absolute atomic E-state index is 4.63. The quantitative estimate of drug-likeness (QED) is 0.322. The minimum atomic E-state index is 0.803. The van der Waals surface area contributed by atoms with Crippen molar-refractivity contribution in [1.29, 1.82) is 0 Å². The summed E-state index contributed by atoms with van der Waals surface area (Å²) in [5.41, 5.74) is 8.86. The number of aromatic amines is 2. The van der Waals surface area contributed by atoms with Crippen LogP contribution in [0, 0.1) is 0 Å². The van der Waals surface area contributed by atoms with E-state index in [1.165, 1.54) is 0 Å². The molecule has 7 heteroatoms. The van der Waals surface area contributed by atoms with Gasteiger partial charge in [-0.05, 0) is 60.1 Å². The first-order chi connectivity index (χ1) is 16.8. The van der Waals surface area contributed by atoms with Gasteiger partial charge in [-0.3, -0.25) is 15.1 Å². The standard InChI is InChI=1S/C27H23N7/c1-2-28-14-17-11-19(16-29-15-17)18-6-7-24-22(12-18)26(34-33-24)25-13-21-20(8-10-31-27(21)32-25)23-5-3-4-9-30-23/h3-13,15-16,28H,2,14H2,1H3,(H,31,32)(H,33,34). The molecule has 7 nitrogen and oxygen atoms in total. The molecule has 3 N–H and O–H groups in total. The van der Waals surface area contributed by atoms with E-state index in [4.69, 9.17) is 0 Å². The van der Waals surface area contributed by atoms with Crippen molar-refractivity contribution in [3.63, 3.8) is 0 Å². The number of benzene rings is 1. The van der Waals surface area contributed by atoms with Crippen LogP contribution in [0.25, 0.3) is 55.7 Å². The van der Waals surface area contributed by atoms with Crippen LogP contribution in [0.3, 0.4) is 0 Å². The summed E-state index contributed by atoms with van der Waals surface area (Å²) in [6.45, 7) is 3.83. The molecule has 6 rings (SSSR count). The highest BCUT2D eigenvalue weighted by Crippen LogP contribution is 2.34. The smallest absolute Gasteiger partial charge is 0.138 e. The summed E-state index contributed by atoms with van der Waals surface area (Å²) in [4.78, 5) is 17.0. The first-order valence-corrected chi connectivity index (χ1v) is 11.3. The van der Waals surface area contributed by atoms with Gasteiger partial charge in [0.25, 0.3) is 0 Å². The fourth-order valence-corrected chi connectivity index (χ4v) is 4.31. The molecule has 166 valence electrons. The number of aromatic nitrogens is 6. The second-order valence-electron chi connectivity index (χ2n) is 8.21. The van der Waals surface area contributed by atoms with E-state index >= 15 is 0 Å². The van der Waals surface area contributed by atoms with Gasteiger partial charge < -0.3 is 10.3 Å². The normalized spacial score (nSPS) is 11.4. The molecule has 0 bridgehead atoms. The molecule has 0 fully saturated rings. The third-order valence-corrected chi connectivity index (χ3v) is 6.00. The number of hydrogen-bond acceptors (Lipinski definition) is 5. The Morgan fingerprint density at radius 1 is 0.882 bits per heavy atom. The molecule has 5 aromatic heterocycles. The lowest BCUT2D eigenvalue weighted by Crippen LogP contribution is -2.11. The second-order valence-corrected chi connectivity index (χ2v) is 8.21. The zero-order chi connectivity index (χ0) is 22.9. The van der Waals surface area contributed by atoms with Crippen LogP contribution in [0.5, 0.6) is 0 Å². The summed E-state index contributed by atoms with van der Waals surface area (Å²) in [5.74, 6) is 0. The van der Waals surface area contributed by atoms with E-state index in [2.05, 4.69) is 72.7 Å². The molecular formula is C27H23N7. The Bertz CT molecular complexity index is 1600. The summed E-state index contributed by atoms with van der Waals surface area (Å²) in [5, 5.41) is 13.2. The Balaban J connectivity index is 1.44. The van der Waals surface area contributed by atoms with Crippen molar-refractivity contribution in [1.82, 2.24) is 35.5 Å². The van der Waals surface area contributed by atoms with Gasteiger partial charge >= 0.3 is 0 Å². The van der Waals surface area contributed by atoms with E-state index in [0.717, 1.165) is 74.4 Å². The predicted octanol–water partition coefficient (Wildman–Crippen LogP) is 5.34. The van der Waals surface area contributed by atoms with Crippen LogP contribution in [-0.2, 0) is 6.54 Å². The minimum Gasteiger partial charge on any atom is -0.338 e. The predicted molar refractivity (Wildman–Crippen MR) is 135 cm³/mol. The molecule has 0 aliphatic rings. The van der Waals surface area contributed by atoms with Crippen LogP contribution in [0.1, 0.15) is 12.5 Å². The van der Waals surface area contributed by atoms with Crippen LogP contribution in [-0.4, -0.2) is 36.7 Å². The molecule has 0 amide bonds. The molecule has 0 atom stereocenters. The van der Waals surface area contributed by atoms with Crippen LogP contribution in [0.15, 0.2) is 79.4 Å². The van der Waals surface area contributed by atoms with Gasteiger partial charge in [-0.25, -0.2) is 4.98 Å². The van der Waals surface area contributed by atoms with Crippen molar-refractivity contribution in [2.24, 2.45) is 0 Å². The highest BCUT2D eigenvalue weighted by atomic mass is 15.1. The van der Waals surface area contributed by atoms with Gasteiger partial charge in [0.1, 0.15) is 11.3 Å². The van der Waals surface area contributed by atoms with Crippen molar-refractivity contribution in [2.45, 2.75) is 13.5 Å². The van der Waals surface area contributed by atoms with Crippen LogP contribution in [0.2, 0.25) is 0 Å². The number of nitrogens with one attached hydrogen (secondary N) is 3. The van der Waals surface area contributed by atoms with E-state index in [0.29, 0.717) is 0 Å². The number of pyridine rings is 3. The SMILES string of the molecule is CCNCc1cncc(-c2ccc3[nH]nc(-c4cc5c(-c6ccccn6)ccnc5[nH]4)c3c2)c1. The highest BCUT2D eigenvalue weighted by Gasteiger charge is 2.15. The Kier molecular flexibility index (Phi) is 5.08. The molecule has 0 saturated heterocycles. The summed E-state index contributed by atoms with van der Waals surface area (Å²) in [7, 11) is 0. The fourth-order valence-electron chi connectivity index (χ4n) is 4.31. The summed E-state index contributed by atoms with van der Waals surface area (Å²) < 4.78 is 0. The Labute approximate surface area is 196 Å². The van der Waals surface area contributed by atoms with Crippen LogP contribution < -0.4 is 5.32 Å². The lowest BCUT2D eigenvalue weighted by molar-refractivity contribution is 0.724. The van der Waals surface area contributed by atoms with Crippen molar-refractivity contribution in [3.8, 4) is 33.8 Å². The number of fused-ring (bicyclic) bond motifs is 2. The minimum absolute atomic E-state index is 0.803. The fraction of sp³-hybridized carbons (Fsp3) is 0.111. The van der Waals surface area contributed by atoms with E-state index in [1.807, 2.05) is 36.7 Å². The average molecular weight is 446 g/mol. The summed E-state index contributed by atoms with van der Waals surface area (Å²) >= 11 is 0. The third-order valence-electron chi connectivity index (χ3n) is 6.00. The largest absolute Gasteiger partial charge is 0.338 e. The third kappa shape index (κ3) is 3.62. The number of nitrogens with zero attached hydrogens (tertiary/aromatic N) is 4. The Morgan fingerprint density at radius 2 is 1.85 bits per heavy atom. The van der Waals surface area contributed by atoms with Crippen LogP contribution in [0.4, 0.5) is 0 Å². The van der Waals surface area contributed by atoms with E-state index in [9.17, 15) is 0 Å². The van der Waals surface area contributed by atoms with E-state index in [-0.39, 0.29) is 0 Å². The molecular weight excluding hydrogens is 422 g/mol.